The quantitative estimate of drug-likeness (QED) is 0.557. The number of pyridine rings is 1. The monoisotopic (exact) mass is 435 g/mol. The van der Waals surface area contributed by atoms with Crippen molar-refractivity contribution in [3.63, 3.8) is 0 Å². The molecule has 1 aromatic heterocycles. The van der Waals surface area contributed by atoms with Gasteiger partial charge in [-0.05, 0) is 39.7 Å². The van der Waals surface area contributed by atoms with Crippen LogP contribution in [0, 0.1) is 0 Å². The second-order valence-electron chi connectivity index (χ2n) is 4.67. The maximum Gasteiger partial charge on any atom is 0.0414 e. The fraction of sp³-hybridized carbons (Fsp3) is 0.267. The normalized spacial score (nSPS) is 11.6. The molecule has 2 rings (SSSR count). The molecule has 1 aromatic carbocycles. The minimum atomic E-state index is -0.329. The zero-order chi connectivity index (χ0) is 14.6. The average Bonchev–Trinajstić information content (AvgIpc) is 2.48. The van der Waals surface area contributed by atoms with Crippen LogP contribution in [0.1, 0.15) is 11.3 Å². The third kappa shape index (κ3) is 3.56. The standard InChI is InChI=1S/C15H13Br2Cl2N/c16-11-5-6-12(20-8-11)7-15(9-18,10-19)13-3-1-2-4-14(13)17/h1-6,8H,7,9-10H2. The maximum absolute atomic E-state index is 6.27. The minimum absolute atomic E-state index is 0.329. The van der Waals surface area contributed by atoms with Gasteiger partial charge < -0.3 is 0 Å². The molecule has 0 atom stereocenters. The smallest absolute Gasteiger partial charge is 0.0414 e. The lowest BCUT2D eigenvalue weighted by atomic mass is 9.80. The van der Waals surface area contributed by atoms with E-state index in [1.807, 2.05) is 30.3 Å². The number of hydrogen-bond donors (Lipinski definition) is 0. The maximum atomic E-state index is 6.27. The van der Waals surface area contributed by atoms with Crippen LogP contribution in [0.2, 0.25) is 0 Å². The van der Waals surface area contributed by atoms with Gasteiger partial charge in [-0.1, -0.05) is 34.1 Å². The fourth-order valence-corrected chi connectivity index (χ4v) is 3.82. The van der Waals surface area contributed by atoms with Crippen LogP contribution in [0.3, 0.4) is 0 Å². The van der Waals surface area contributed by atoms with Gasteiger partial charge in [0, 0.05) is 44.4 Å². The third-order valence-electron chi connectivity index (χ3n) is 3.26. The van der Waals surface area contributed by atoms with Gasteiger partial charge in [0.25, 0.3) is 0 Å². The van der Waals surface area contributed by atoms with Gasteiger partial charge in [0.05, 0.1) is 0 Å². The summed E-state index contributed by atoms with van der Waals surface area (Å²) in [4.78, 5) is 4.43. The van der Waals surface area contributed by atoms with Crippen LogP contribution < -0.4 is 0 Å². The van der Waals surface area contributed by atoms with E-state index in [0.717, 1.165) is 20.2 Å². The van der Waals surface area contributed by atoms with Crippen molar-refractivity contribution in [1.82, 2.24) is 4.98 Å². The summed E-state index contributed by atoms with van der Waals surface area (Å²) >= 11 is 19.5. The summed E-state index contributed by atoms with van der Waals surface area (Å²) in [6.07, 6.45) is 2.50. The summed E-state index contributed by atoms with van der Waals surface area (Å²) < 4.78 is 1.99. The van der Waals surface area contributed by atoms with E-state index in [9.17, 15) is 0 Å². The lowest BCUT2D eigenvalue weighted by Gasteiger charge is -2.31. The first-order valence-corrected chi connectivity index (χ1v) is 8.74. The predicted octanol–water partition coefficient (Wildman–Crippen LogP) is 5.56. The molecule has 20 heavy (non-hydrogen) atoms. The Hall–Kier alpha value is -0.0900. The number of benzene rings is 1. The molecular weight excluding hydrogens is 425 g/mol. The Morgan fingerprint density at radius 1 is 1.00 bits per heavy atom. The van der Waals surface area contributed by atoms with Gasteiger partial charge in [0.15, 0.2) is 0 Å². The molecular formula is C15H13Br2Cl2N. The molecule has 5 heteroatoms. The van der Waals surface area contributed by atoms with Gasteiger partial charge in [0.1, 0.15) is 0 Å². The van der Waals surface area contributed by atoms with Crippen LogP contribution in [0.15, 0.2) is 51.5 Å². The lowest BCUT2D eigenvalue weighted by Crippen LogP contribution is -2.34. The summed E-state index contributed by atoms with van der Waals surface area (Å²) in [6, 6.07) is 12.0. The van der Waals surface area contributed by atoms with Gasteiger partial charge in [-0.2, -0.15) is 0 Å². The molecule has 0 bridgehead atoms. The number of alkyl halides is 2. The molecule has 0 spiro atoms. The number of hydrogen-bond acceptors (Lipinski definition) is 1. The molecule has 0 aliphatic heterocycles. The van der Waals surface area contributed by atoms with Crippen LogP contribution in [-0.2, 0) is 11.8 Å². The molecule has 0 fully saturated rings. The van der Waals surface area contributed by atoms with Crippen molar-refractivity contribution in [3.8, 4) is 0 Å². The van der Waals surface area contributed by atoms with E-state index in [0.29, 0.717) is 18.2 Å². The number of aromatic nitrogens is 1. The van der Waals surface area contributed by atoms with Crippen molar-refractivity contribution in [3.05, 3.63) is 62.8 Å². The fourth-order valence-electron chi connectivity index (χ4n) is 2.12. The van der Waals surface area contributed by atoms with Crippen LogP contribution in [0.4, 0.5) is 0 Å². The molecule has 0 N–H and O–H groups in total. The topological polar surface area (TPSA) is 12.9 Å². The van der Waals surface area contributed by atoms with E-state index in [4.69, 9.17) is 23.2 Å². The summed E-state index contributed by atoms with van der Waals surface area (Å²) in [5.74, 6) is 0.883. The van der Waals surface area contributed by atoms with Crippen molar-refractivity contribution >= 4 is 55.1 Å². The van der Waals surface area contributed by atoms with Crippen LogP contribution >= 0.6 is 55.1 Å². The van der Waals surface area contributed by atoms with E-state index in [1.54, 1.807) is 6.20 Å². The first-order valence-electron chi connectivity index (χ1n) is 6.09. The first-order chi connectivity index (χ1) is 9.61. The Morgan fingerprint density at radius 3 is 2.25 bits per heavy atom. The van der Waals surface area contributed by atoms with Crippen LogP contribution in [-0.4, -0.2) is 16.7 Å². The molecule has 1 heterocycles. The van der Waals surface area contributed by atoms with Crippen LogP contribution in [0.5, 0.6) is 0 Å². The van der Waals surface area contributed by atoms with E-state index in [-0.39, 0.29) is 5.41 Å². The highest BCUT2D eigenvalue weighted by molar-refractivity contribution is 9.10. The lowest BCUT2D eigenvalue weighted by molar-refractivity contribution is 0.526. The minimum Gasteiger partial charge on any atom is -0.260 e. The number of rotatable bonds is 5. The van der Waals surface area contributed by atoms with Crippen molar-refractivity contribution < 1.29 is 0 Å². The molecule has 0 amide bonds. The molecule has 0 aliphatic carbocycles. The Bertz CT molecular complexity index is 568. The van der Waals surface area contributed by atoms with Crippen LogP contribution in [0.25, 0.3) is 0 Å². The van der Waals surface area contributed by atoms with E-state index in [1.165, 1.54) is 0 Å². The second kappa shape index (κ2) is 7.26. The van der Waals surface area contributed by atoms with Gasteiger partial charge in [-0.25, -0.2) is 0 Å². The SMILES string of the molecule is ClCC(CCl)(Cc1ccc(Br)cn1)c1ccccc1Br. The molecule has 0 aliphatic rings. The van der Waals surface area contributed by atoms with Gasteiger partial charge >= 0.3 is 0 Å². The van der Waals surface area contributed by atoms with E-state index >= 15 is 0 Å². The Balaban J connectivity index is 2.39. The Labute approximate surface area is 146 Å². The molecule has 0 saturated heterocycles. The zero-order valence-corrected chi connectivity index (χ0v) is 15.3. The van der Waals surface area contributed by atoms with Crippen molar-refractivity contribution in [2.45, 2.75) is 11.8 Å². The van der Waals surface area contributed by atoms with Crippen molar-refractivity contribution in [2.24, 2.45) is 0 Å². The molecule has 106 valence electrons. The van der Waals surface area contributed by atoms with Gasteiger partial charge in [-0.15, -0.1) is 23.2 Å². The average molecular weight is 438 g/mol. The highest BCUT2D eigenvalue weighted by atomic mass is 79.9. The first kappa shape index (κ1) is 16.3. The van der Waals surface area contributed by atoms with Crippen molar-refractivity contribution in [1.29, 1.82) is 0 Å². The number of halogens is 4. The van der Waals surface area contributed by atoms with E-state index < -0.39 is 0 Å². The summed E-state index contributed by atoms with van der Waals surface area (Å²) in [6.45, 7) is 0. The third-order valence-corrected chi connectivity index (χ3v) is 5.45. The second-order valence-corrected chi connectivity index (χ2v) is 6.98. The van der Waals surface area contributed by atoms with Crippen molar-refractivity contribution in [2.75, 3.05) is 11.8 Å². The largest absolute Gasteiger partial charge is 0.260 e. The Morgan fingerprint density at radius 2 is 1.70 bits per heavy atom. The highest BCUT2D eigenvalue weighted by Crippen LogP contribution is 2.35. The van der Waals surface area contributed by atoms with E-state index in [2.05, 4.69) is 42.9 Å². The highest BCUT2D eigenvalue weighted by Gasteiger charge is 2.33. The molecule has 2 aromatic rings. The summed E-state index contributed by atoms with van der Waals surface area (Å²) in [5, 5.41) is 0. The predicted molar refractivity (Wildman–Crippen MR) is 92.9 cm³/mol. The van der Waals surface area contributed by atoms with Gasteiger partial charge in [-0.3, -0.25) is 4.98 Å². The molecule has 0 radical (unpaired) electrons. The zero-order valence-electron chi connectivity index (χ0n) is 10.6. The molecule has 0 unspecified atom stereocenters. The summed E-state index contributed by atoms with van der Waals surface area (Å²) in [5.41, 5.74) is 1.77. The Kier molecular flexibility index (Phi) is 5.91. The molecule has 0 saturated carbocycles. The van der Waals surface area contributed by atoms with Gasteiger partial charge in [0.2, 0.25) is 0 Å². The number of nitrogens with zero attached hydrogens (tertiary/aromatic N) is 1. The summed E-state index contributed by atoms with van der Waals surface area (Å²) in [7, 11) is 0. The molecule has 1 nitrogen and oxygen atoms in total.